The van der Waals surface area contributed by atoms with Crippen LogP contribution in [0.1, 0.15) is 96.5 Å². The van der Waals surface area contributed by atoms with E-state index in [4.69, 9.17) is 10.5 Å². The van der Waals surface area contributed by atoms with Crippen LogP contribution in [0.2, 0.25) is 0 Å². The molecular weight excluding hydrogens is 316 g/mol. The molecule has 0 amide bonds. The van der Waals surface area contributed by atoms with Crippen LogP contribution in [-0.2, 0) is 0 Å². The molecule has 0 aliphatic carbocycles. The molecule has 3 heteroatoms. The zero-order valence-corrected chi connectivity index (χ0v) is 17.0. The van der Waals surface area contributed by atoms with Crippen molar-refractivity contribution in [3.63, 3.8) is 0 Å². The van der Waals surface area contributed by atoms with Crippen molar-refractivity contribution < 1.29 is 10.5 Å². The molecule has 1 aromatic carbocycles. The summed E-state index contributed by atoms with van der Waals surface area (Å²) in [7, 11) is 0. The molecule has 142 valence electrons. The second-order valence-corrected chi connectivity index (χ2v) is 6.92. The first kappa shape index (κ1) is 25.7. The summed E-state index contributed by atoms with van der Waals surface area (Å²) in [6.45, 7) is 6.68. The molecule has 1 aromatic rings. The van der Waals surface area contributed by atoms with Gasteiger partial charge in [-0.25, -0.2) is 0 Å². The van der Waals surface area contributed by atoms with Crippen molar-refractivity contribution in [1.29, 1.82) is 0 Å². The van der Waals surface area contributed by atoms with Crippen LogP contribution in [-0.4, -0.2) is 16.3 Å². The Bertz CT molecular complexity index is 305. The third-order valence-electron chi connectivity index (χ3n) is 3.98. The number of rotatable bonds is 11. The second-order valence-electron chi connectivity index (χ2n) is 6.47. The van der Waals surface area contributed by atoms with Crippen molar-refractivity contribution >= 4 is 12.6 Å². The van der Waals surface area contributed by atoms with Crippen LogP contribution in [0.5, 0.6) is 0 Å². The average Bonchev–Trinajstić information content (AvgIpc) is 2.63. The number of unbranched alkanes of at least 4 members (excludes halogenated alkanes) is 9. The fourth-order valence-corrected chi connectivity index (χ4v) is 2.66. The summed E-state index contributed by atoms with van der Waals surface area (Å²) in [6.07, 6.45) is 14.2. The van der Waals surface area contributed by atoms with Gasteiger partial charge < -0.3 is 0 Å². The molecule has 0 bridgehead atoms. The summed E-state index contributed by atoms with van der Waals surface area (Å²) < 4.78 is 0. The minimum absolute atomic E-state index is 0.659. The first-order chi connectivity index (χ1) is 11.7. The van der Waals surface area contributed by atoms with Gasteiger partial charge in [-0.15, -0.1) is 0 Å². The maximum Gasteiger partial charge on any atom is -0.00979 e. The zero-order valence-electron chi connectivity index (χ0n) is 16.1. The van der Waals surface area contributed by atoms with Gasteiger partial charge in [0.15, 0.2) is 0 Å². The van der Waals surface area contributed by atoms with E-state index in [1.54, 1.807) is 0 Å². The van der Waals surface area contributed by atoms with Crippen molar-refractivity contribution in [1.82, 2.24) is 0 Å². The Labute approximate surface area is 156 Å². The summed E-state index contributed by atoms with van der Waals surface area (Å²) >= 11 is 4.20. The Morgan fingerprint density at radius 2 is 1.17 bits per heavy atom. The van der Waals surface area contributed by atoms with E-state index in [0.717, 1.165) is 5.75 Å². The van der Waals surface area contributed by atoms with Crippen LogP contribution in [0.3, 0.4) is 0 Å². The first-order valence-electron chi connectivity index (χ1n) is 9.58. The van der Waals surface area contributed by atoms with Crippen molar-refractivity contribution in [2.24, 2.45) is 0 Å². The molecule has 0 heterocycles. The Hall–Kier alpha value is -0.510. The molecule has 0 atom stereocenters. The van der Waals surface area contributed by atoms with Crippen LogP contribution >= 0.6 is 12.6 Å². The number of benzene rings is 1. The predicted octanol–water partition coefficient (Wildman–Crippen LogP) is 7.66. The summed E-state index contributed by atoms with van der Waals surface area (Å²) in [5.74, 6) is 1.72. The minimum Gasteiger partial charge on any atom is -0.255 e. The lowest BCUT2D eigenvalue weighted by Crippen LogP contribution is -1.83. The quantitative estimate of drug-likeness (QED) is 0.165. The monoisotopic (exact) mass is 356 g/mol. The van der Waals surface area contributed by atoms with Crippen LogP contribution in [0.25, 0.3) is 0 Å². The normalized spacial score (nSPS) is 9.79. The lowest BCUT2D eigenvalue weighted by Gasteiger charge is -2.01. The lowest BCUT2D eigenvalue weighted by molar-refractivity contribution is -0.176. The highest BCUT2D eigenvalue weighted by molar-refractivity contribution is 7.80. The third-order valence-corrected chi connectivity index (χ3v) is 4.29. The van der Waals surface area contributed by atoms with E-state index in [2.05, 4.69) is 57.7 Å². The van der Waals surface area contributed by atoms with E-state index in [1.807, 2.05) is 6.07 Å². The highest BCUT2D eigenvalue weighted by Crippen LogP contribution is 2.12. The minimum atomic E-state index is 0.659. The Morgan fingerprint density at radius 1 is 0.750 bits per heavy atom. The van der Waals surface area contributed by atoms with Gasteiger partial charge in [-0.05, 0) is 23.7 Å². The number of thiol groups is 1. The molecule has 0 fully saturated rings. The van der Waals surface area contributed by atoms with Gasteiger partial charge in [-0.1, -0.05) is 109 Å². The van der Waals surface area contributed by atoms with E-state index in [0.29, 0.717) is 5.92 Å². The molecule has 0 saturated carbocycles. The maximum absolute atomic E-state index is 6.00. The van der Waals surface area contributed by atoms with Gasteiger partial charge in [0, 0.05) is 0 Å². The smallest absolute Gasteiger partial charge is 0.00979 e. The van der Waals surface area contributed by atoms with Gasteiger partial charge in [-0.2, -0.15) is 12.6 Å². The molecule has 0 radical (unpaired) electrons. The fourth-order valence-electron chi connectivity index (χ4n) is 2.44. The lowest BCUT2D eigenvalue weighted by atomic mass is 10.0. The van der Waals surface area contributed by atoms with E-state index >= 15 is 0 Å². The summed E-state index contributed by atoms with van der Waals surface area (Å²) in [6, 6.07) is 10.5. The molecule has 24 heavy (non-hydrogen) atoms. The van der Waals surface area contributed by atoms with Gasteiger partial charge in [0.25, 0.3) is 0 Å². The Morgan fingerprint density at radius 3 is 1.50 bits per heavy atom. The molecule has 0 spiro atoms. The highest BCUT2D eigenvalue weighted by atomic mass is 32.1. The van der Waals surface area contributed by atoms with E-state index < -0.39 is 0 Å². The summed E-state index contributed by atoms with van der Waals surface area (Å²) in [5, 5.41) is 12.0. The van der Waals surface area contributed by atoms with Crippen LogP contribution < -0.4 is 0 Å². The van der Waals surface area contributed by atoms with E-state index in [-0.39, 0.29) is 0 Å². The van der Waals surface area contributed by atoms with Gasteiger partial charge in [0.2, 0.25) is 0 Å². The van der Waals surface area contributed by atoms with Crippen molar-refractivity contribution in [2.45, 2.75) is 90.9 Å². The first-order valence-corrected chi connectivity index (χ1v) is 10.2. The van der Waals surface area contributed by atoms with Crippen molar-refractivity contribution in [2.75, 3.05) is 5.75 Å². The fraction of sp³-hybridized carbons (Fsp3) is 0.714. The molecule has 0 aliphatic rings. The van der Waals surface area contributed by atoms with Crippen molar-refractivity contribution in [3.8, 4) is 0 Å². The Kier molecular flexibility index (Phi) is 24.1. The summed E-state index contributed by atoms with van der Waals surface area (Å²) in [5.41, 5.74) is 1.41. The molecule has 0 saturated heterocycles. The topological polar surface area (TPSA) is 40.5 Å². The molecule has 0 aliphatic heterocycles. The molecule has 2 nitrogen and oxygen atoms in total. The maximum atomic E-state index is 6.00. The second kappa shape index (κ2) is 22.5. The molecule has 2 N–H and O–H groups in total. The molecule has 0 unspecified atom stereocenters. The number of hydrogen-bond donors (Lipinski definition) is 3. The third kappa shape index (κ3) is 19.5. The van der Waals surface area contributed by atoms with Gasteiger partial charge in [0.05, 0.1) is 0 Å². The average molecular weight is 357 g/mol. The summed E-state index contributed by atoms with van der Waals surface area (Å²) in [4.78, 5) is 0. The largest absolute Gasteiger partial charge is 0.255 e. The molecule has 1 rings (SSSR count). The standard InChI is InChI=1S/C12H26S.C9H12.H2O2/c1-2-3-4-5-6-7-8-9-10-11-12-13;1-8(2)9-6-4-3-5-7-9;1-2/h13H,2-12H2,1H3;3-8H,1-2H3;1-2H. The van der Waals surface area contributed by atoms with Crippen molar-refractivity contribution in [3.05, 3.63) is 35.9 Å². The van der Waals surface area contributed by atoms with E-state index in [1.165, 1.54) is 69.8 Å². The molecule has 0 aromatic heterocycles. The molecular formula is C21H40O2S. The predicted molar refractivity (Wildman–Crippen MR) is 111 cm³/mol. The zero-order chi connectivity index (χ0) is 18.5. The van der Waals surface area contributed by atoms with Crippen LogP contribution in [0.4, 0.5) is 0 Å². The van der Waals surface area contributed by atoms with Crippen LogP contribution in [0.15, 0.2) is 30.3 Å². The van der Waals surface area contributed by atoms with Crippen LogP contribution in [0, 0.1) is 0 Å². The highest BCUT2D eigenvalue weighted by Gasteiger charge is 1.93. The van der Waals surface area contributed by atoms with Gasteiger partial charge in [0.1, 0.15) is 0 Å². The Balaban J connectivity index is 0. The number of hydrogen-bond acceptors (Lipinski definition) is 3. The van der Waals surface area contributed by atoms with Gasteiger partial charge in [-0.3, -0.25) is 10.5 Å². The van der Waals surface area contributed by atoms with Gasteiger partial charge >= 0.3 is 0 Å². The SMILES string of the molecule is CC(C)c1ccccc1.CCCCCCCCCCCCS.OO. The van der Waals surface area contributed by atoms with E-state index in [9.17, 15) is 0 Å².